The number of carboxylic acids is 1. The number of amidine groups is 1. The van der Waals surface area contributed by atoms with Gasteiger partial charge >= 0.3 is 5.97 Å². The van der Waals surface area contributed by atoms with Gasteiger partial charge in [0.25, 0.3) is 0 Å². The van der Waals surface area contributed by atoms with Gasteiger partial charge in [-0.3, -0.25) is 5.41 Å². The van der Waals surface area contributed by atoms with E-state index in [1.807, 2.05) is 30.3 Å². The van der Waals surface area contributed by atoms with Crippen LogP contribution in [0, 0.1) is 5.41 Å². The molecule has 0 radical (unpaired) electrons. The highest BCUT2D eigenvalue weighted by Crippen LogP contribution is 2.12. The van der Waals surface area contributed by atoms with Crippen molar-refractivity contribution >= 4 is 17.5 Å². The number of hydrogen-bond acceptors (Lipinski definition) is 3. The van der Waals surface area contributed by atoms with Gasteiger partial charge in [-0.05, 0) is 24.3 Å². The minimum Gasteiger partial charge on any atom is -0.478 e. The van der Waals surface area contributed by atoms with Crippen LogP contribution in [0.5, 0.6) is 0 Å². The van der Waals surface area contributed by atoms with E-state index < -0.39 is 5.97 Å². The van der Waals surface area contributed by atoms with Gasteiger partial charge in [-0.25, -0.2) is 9.80 Å². The Morgan fingerprint density at radius 3 is 2.19 bits per heavy atom. The number of aromatic carboxylic acids is 1. The zero-order valence-corrected chi connectivity index (χ0v) is 11.4. The quantitative estimate of drug-likeness (QED) is 0.390. The molecule has 0 aromatic heterocycles. The van der Waals surface area contributed by atoms with Crippen LogP contribution < -0.4 is 5.01 Å². The molecule has 0 saturated carbocycles. The first-order valence-electron chi connectivity index (χ1n) is 6.20. The maximum absolute atomic E-state index is 10.8. The van der Waals surface area contributed by atoms with Crippen LogP contribution >= 0.6 is 0 Å². The van der Waals surface area contributed by atoms with Gasteiger partial charge in [-0.2, -0.15) is 0 Å². The second-order valence-corrected chi connectivity index (χ2v) is 4.28. The summed E-state index contributed by atoms with van der Waals surface area (Å²) in [5.41, 5.74) is 1.53. The normalized spacial score (nSPS) is 10.5. The molecule has 0 heterocycles. The molecule has 0 aliphatic rings. The van der Waals surface area contributed by atoms with Gasteiger partial charge in [-0.15, -0.1) is 5.11 Å². The van der Waals surface area contributed by atoms with Crippen molar-refractivity contribution in [3.8, 4) is 0 Å². The zero-order chi connectivity index (χ0) is 15.2. The van der Waals surface area contributed by atoms with E-state index in [1.54, 1.807) is 12.1 Å². The molecule has 0 aliphatic carbocycles. The second kappa shape index (κ2) is 6.42. The van der Waals surface area contributed by atoms with Gasteiger partial charge in [0, 0.05) is 12.6 Å². The molecule has 0 bridgehead atoms. The van der Waals surface area contributed by atoms with E-state index in [1.165, 1.54) is 24.3 Å². The Morgan fingerprint density at radius 1 is 1.05 bits per heavy atom. The summed E-state index contributed by atoms with van der Waals surface area (Å²) in [4.78, 5) is 10.8. The highest BCUT2D eigenvalue weighted by molar-refractivity contribution is 5.97. The lowest BCUT2D eigenvalue weighted by atomic mass is 10.1. The van der Waals surface area contributed by atoms with E-state index in [0.717, 1.165) is 5.69 Å². The predicted molar refractivity (Wildman–Crippen MR) is 79.9 cm³/mol. The largest absolute Gasteiger partial charge is 0.478 e. The summed E-state index contributed by atoms with van der Waals surface area (Å²) in [5.74, 6) is -1.03. The van der Waals surface area contributed by atoms with Crippen molar-refractivity contribution in [2.75, 3.05) is 12.1 Å². The van der Waals surface area contributed by atoms with Gasteiger partial charge in [0.15, 0.2) is 5.84 Å². The lowest BCUT2D eigenvalue weighted by molar-refractivity contribution is 0.0697. The molecule has 2 rings (SSSR count). The van der Waals surface area contributed by atoms with Crippen LogP contribution in [0.25, 0.3) is 0 Å². The minimum atomic E-state index is -1.00. The standard InChI is InChI=1S/C15H14N4O2/c1-19(13-5-3-2-4-6-13)18-17-14(16)11-7-9-12(10-8-11)15(20)21/h2-10,16H,1H3,(H,20,21). The first kappa shape index (κ1) is 14.4. The molecule has 0 saturated heterocycles. The van der Waals surface area contributed by atoms with Crippen molar-refractivity contribution in [1.82, 2.24) is 0 Å². The third-order valence-corrected chi connectivity index (χ3v) is 2.81. The topological polar surface area (TPSA) is 89.1 Å². The van der Waals surface area contributed by atoms with Crippen LogP contribution in [0.3, 0.4) is 0 Å². The van der Waals surface area contributed by atoms with Crippen LogP contribution in [0.1, 0.15) is 15.9 Å². The fraction of sp³-hybridized carbons (Fsp3) is 0.0667. The summed E-state index contributed by atoms with van der Waals surface area (Å²) in [6.45, 7) is 0. The van der Waals surface area contributed by atoms with Crippen molar-refractivity contribution in [1.29, 1.82) is 5.41 Å². The molecule has 2 aromatic carbocycles. The maximum Gasteiger partial charge on any atom is 0.335 e. The SMILES string of the molecule is CN(N=NC(=N)c1ccc(C(=O)O)cc1)c1ccccc1. The average molecular weight is 282 g/mol. The Morgan fingerprint density at radius 2 is 1.62 bits per heavy atom. The summed E-state index contributed by atoms with van der Waals surface area (Å²) in [7, 11) is 1.74. The fourth-order valence-electron chi connectivity index (χ4n) is 1.64. The van der Waals surface area contributed by atoms with Crippen LogP contribution in [0.2, 0.25) is 0 Å². The molecule has 0 aliphatic heterocycles. The molecule has 2 aromatic rings. The fourth-order valence-corrected chi connectivity index (χ4v) is 1.64. The minimum absolute atomic E-state index is 0.0327. The molecule has 106 valence electrons. The predicted octanol–water partition coefficient (Wildman–Crippen LogP) is 3.21. The highest BCUT2D eigenvalue weighted by Gasteiger charge is 2.05. The van der Waals surface area contributed by atoms with E-state index in [2.05, 4.69) is 10.3 Å². The number of carbonyl (C=O) groups is 1. The summed E-state index contributed by atoms with van der Waals surface area (Å²) >= 11 is 0. The summed E-state index contributed by atoms with van der Waals surface area (Å²) in [5, 5.41) is 26.0. The first-order chi connectivity index (χ1) is 10.1. The van der Waals surface area contributed by atoms with Gasteiger partial charge in [0.05, 0.1) is 11.3 Å². The molecule has 0 atom stereocenters. The molecule has 6 heteroatoms. The average Bonchev–Trinajstić information content (AvgIpc) is 2.53. The number of nitrogens with zero attached hydrogens (tertiary/aromatic N) is 3. The van der Waals surface area contributed by atoms with Gasteiger partial charge in [0.2, 0.25) is 0 Å². The van der Waals surface area contributed by atoms with Crippen molar-refractivity contribution in [3.05, 3.63) is 65.7 Å². The Balaban J connectivity index is 2.07. The Labute approximate surface area is 121 Å². The van der Waals surface area contributed by atoms with Crippen LogP contribution in [-0.4, -0.2) is 24.0 Å². The van der Waals surface area contributed by atoms with Crippen LogP contribution in [0.15, 0.2) is 64.9 Å². The van der Waals surface area contributed by atoms with E-state index in [9.17, 15) is 4.79 Å². The van der Waals surface area contributed by atoms with Crippen LogP contribution in [0.4, 0.5) is 5.69 Å². The number of nitrogens with one attached hydrogen (secondary N) is 1. The summed E-state index contributed by atoms with van der Waals surface area (Å²) in [6, 6.07) is 15.4. The number of rotatable bonds is 4. The van der Waals surface area contributed by atoms with Crippen molar-refractivity contribution < 1.29 is 9.90 Å². The Bertz CT molecular complexity index is 666. The van der Waals surface area contributed by atoms with Crippen LogP contribution in [-0.2, 0) is 0 Å². The molecular weight excluding hydrogens is 268 g/mol. The number of anilines is 1. The first-order valence-corrected chi connectivity index (χ1v) is 6.20. The highest BCUT2D eigenvalue weighted by atomic mass is 16.4. The van der Waals surface area contributed by atoms with Crippen molar-refractivity contribution in [2.24, 2.45) is 10.3 Å². The molecule has 6 nitrogen and oxygen atoms in total. The number of carboxylic acid groups (broad SMARTS) is 1. The van der Waals surface area contributed by atoms with Gasteiger partial charge < -0.3 is 5.11 Å². The number of benzene rings is 2. The molecular formula is C15H14N4O2. The zero-order valence-electron chi connectivity index (χ0n) is 11.4. The number of para-hydroxylation sites is 1. The lowest BCUT2D eigenvalue weighted by Gasteiger charge is -2.10. The van der Waals surface area contributed by atoms with E-state index in [4.69, 9.17) is 10.5 Å². The molecule has 0 unspecified atom stereocenters. The molecule has 0 amide bonds. The van der Waals surface area contributed by atoms with Gasteiger partial charge in [-0.1, -0.05) is 35.6 Å². The third-order valence-electron chi connectivity index (χ3n) is 2.81. The Hall–Kier alpha value is -3.02. The molecule has 0 spiro atoms. The molecule has 2 N–H and O–H groups in total. The van der Waals surface area contributed by atoms with Gasteiger partial charge in [0.1, 0.15) is 0 Å². The monoisotopic (exact) mass is 282 g/mol. The molecule has 0 fully saturated rings. The van der Waals surface area contributed by atoms with E-state index >= 15 is 0 Å². The molecule has 21 heavy (non-hydrogen) atoms. The second-order valence-electron chi connectivity index (χ2n) is 4.28. The van der Waals surface area contributed by atoms with E-state index in [0.29, 0.717) is 5.56 Å². The maximum atomic E-state index is 10.8. The summed E-state index contributed by atoms with van der Waals surface area (Å²) < 4.78 is 0. The van der Waals surface area contributed by atoms with Crippen molar-refractivity contribution in [2.45, 2.75) is 0 Å². The lowest BCUT2D eigenvalue weighted by Crippen LogP contribution is -2.08. The van der Waals surface area contributed by atoms with Crippen molar-refractivity contribution in [3.63, 3.8) is 0 Å². The third kappa shape index (κ3) is 3.73. The Kier molecular flexibility index (Phi) is 4.40. The number of hydrogen-bond donors (Lipinski definition) is 2. The summed E-state index contributed by atoms with van der Waals surface area (Å²) in [6.07, 6.45) is 0. The smallest absolute Gasteiger partial charge is 0.335 e. The van der Waals surface area contributed by atoms with E-state index in [-0.39, 0.29) is 11.4 Å².